The number of amides is 1. The Balaban J connectivity index is 1.56. The van der Waals surface area contributed by atoms with Crippen LogP contribution in [0.1, 0.15) is 36.0 Å². The molecule has 2 aromatic heterocycles. The number of nitrogens with zero attached hydrogens (tertiary/aromatic N) is 4. The van der Waals surface area contributed by atoms with E-state index in [1.54, 1.807) is 17.9 Å². The molecule has 2 aliphatic rings. The van der Waals surface area contributed by atoms with Gasteiger partial charge in [0.25, 0.3) is 5.91 Å². The maximum atomic E-state index is 14.0. The van der Waals surface area contributed by atoms with E-state index in [9.17, 15) is 9.36 Å². The lowest BCUT2D eigenvalue weighted by Crippen LogP contribution is -2.20. The second-order valence-electron chi connectivity index (χ2n) is 8.46. The number of halogens is 1. The predicted octanol–water partition coefficient (Wildman–Crippen LogP) is 3.69. The number of anilines is 2. The number of hydrogen-bond donors (Lipinski definition) is 2. The molecule has 5 rings (SSSR count). The van der Waals surface area contributed by atoms with Crippen LogP contribution in [0.5, 0.6) is 5.75 Å². The first-order valence-corrected chi connectivity index (χ1v) is 13.0. The molecule has 9 nitrogen and oxygen atoms in total. The van der Waals surface area contributed by atoms with Gasteiger partial charge in [0.1, 0.15) is 18.5 Å². The standard InChI is InChI=1S/C22H24ClN6O3P/c1-29-18(33(31,12-6-7-12)13-8-9-13)10-17(28-29)14-4-3-5-16(19(14)32-2)26-21-15(20(24)30)11-25-22(23)27-21/h3-5,10-13H,6-9H2,1-2H3,(H2,24,30)(H,25,26,27). The molecule has 1 amide bonds. The molecule has 33 heavy (non-hydrogen) atoms. The van der Waals surface area contributed by atoms with Crippen molar-refractivity contribution in [3.63, 3.8) is 0 Å². The van der Waals surface area contributed by atoms with Crippen molar-refractivity contribution in [2.75, 3.05) is 12.4 Å². The summed E-state index contributed by atoms with van der Waals surface area (Å²) < 4.78 is 21.5. The first kappa shape index (κ1) is 21.9. The largest absolute Gasteiger partial charge is 0.494 e. The number of para-hydroxylation sites is 1. The molecule has 0 radical (unpaired) electrons. The lowest BCUT2D eigenvalue weighted by molar-refractivity contribution is 0.100. The van der Waals surface area contributed by atoms with Crippen LogP contribution in [0.25, 0.3) is 11.3 Å². The number of aryl methyl sites for hydroxylation is 1. The number of methoxy groups -OCH3 is 1. The molecule has 1 aromatic carbocycles. The van der Waals surface area contributed by atoms with E-state index in [-0.39, 0.29) is 28.0 Å². The van der Waals surface area contributed by atoms with Crippen molar-refractivity contribution >= 4 is 41.6 Å². The zero-order chi connectivity index (χ0) is 23.3. The summed E-state index contributed by atoms with van der Waals surface area (Å²) in [6, 6.07) is 7.45. The molecule has 0 spiro atoms. The average Bonchev–Trinajstić information content (AvgIpc) is 3.69. The summed E-state index contributed by atoms with van der Waals surface area (Å²) in [6.45, 7) is 0. The molecule has 0 unspecified atom stereocenters. The molecule has 0 atom stereocenters. The van der Waals surface area contributed by atoms with Gasteiger partial charge in [-0.15, -0.1) is 0 Å². The van der Waals surface area contributed by atoms with Crippen LogP contribution >= 0.6 is 18.7 Å². The highest BCUT2D eigenvalue weighted by molar-refractivity contribution is 7.73. The Kier molecular flexibility index (Phi) is 5.41. The van der Waals surface area contributed by atoms with Crippen molar-refractivity contribution in [1.82, 2.24) is 19.7 Å². The van der Waals surface area contributed by atoms with E-state index in [4.69, 9.17) is 27.2 Å². The fourth-order valence-electron chi connectivity index (χ4n) is 4.33. The van der Waals surface area contributed by atoms with Gasteiger partial charge in [0.15, 0.2) is 5.75 Å². The van der Waals surface area contributed by atoms with Gasteiger partial charge in [-0.3, -0.25) is 9.48 Å². The van der Waals surface area contributed by atoms with Gasteiger partial charge < -0.3 is 20.4 Å². The summed E-state index contributed by atoms with van der Waals surface area (Å²) in [5.41, 5.74) is 8.91. The van der Waals surface area contributed by atoms with E-state index in [1.807, 2.05) is 25.2 Å². The summed E-state index contributed by atoms with van der Waals surface area (Å²) in [4.78, 5) is 19.7. The molecule has 2 saturated carbocycles. The van der Waals surface area contributed by atoms with E-state index < -0.39 is 13.0 Å². The molecule has 172 valence electrons. The number of nitrogens with one attached hydrogen (secondary N) is 1. The van der Waals surface area contributed by atoms with Crippen molar-refractivity contribution in [2.45, 2.75) is 37.0 Å². The Morgan fingerprint density at radius 1 is 1.27 bits per heavy atom. The van der Waals surface area contributed by atoms with Crippen molar-refractivity contribution in [3.8, 4) is 17.0 Å². The SMILES string of the molecule is COc1c(Nc2nc(Cl)ncc2C(N)=O)cccc1-c1cc(P(=O)(C2CC2)C2CC2)n(C)n1. The van der Waals surface area contributed by atoms with Gasteiger partial charge in [-0.1, -0.05) is 6.07 Å². The molecule has 3 N–H and O–H groups in total. The fourth-order valence-corrected chi connectivity index (χ4v) is 8.46. The number of rotatable bonds is 8. The predicted molar refractivity (Wildman–Crippen MR) is 127 cm³/mol. The first-order chi connectivity index (χ1) is 15.8. The van der Waals surface area contributed by atoms with Gasteiger partial charge in [0.05, 0.1) is 23.9 Å². The highest BCUT2D eigenvalue weighted by Crippen LogP contribution is 2.69. The van der Waals surface area contributed by atoms with Crippen molar-refractivity contribution in [3.05, 3.63) is 41.3 Å². The Morgan fingerprint density at radius 3 is 2.58 bits per heavy atom. The van der Waals surface area contributed by atoms with Crippen LogP contribution in [-0.4, -0.2) is 44.1 Å². The molecule has 2 aliphatic carbocycles. The molecule has 2 heterocycles. The van der Waals surface area contributed by atoms with Crippen molar-refractivity contribution < 1.29 is 14.1 Å². The maximum Gasteiger partial charge on any atom is 0.254 e. The van der Waals surface area contributed by atoms with Gasteiger partial charge in [0.2, 0.25) is 5.28 Å². The van der Waals surface area contributed by atoms with Crippen LogP contribution in [0.15, 0.2) is 30.5 Å². The quantitative estimate of drug-likeness (QED) is 0.367. The Hall–Kier alpha value is -2.90. The summed E-state index contributed by atoms with van der Waals surface area (Å²) in [7, 11) is 0.922. The zero-order valence-corrected chi connectivity index (χ0v) is 19.9. The number of primary amides is 1. The number of aromatic nitrogens is 4. The van der Waals surface area contributed by atoms with Crippen LogP contribution in [0.2, 0.25) is 5.28 Å². The first-order valence-electron chi connectivity index (χ1n) is 10.7. The van der Waals surface area contributed by atoms with Crippen LogP contribution in [0.4, 0.5) is 11.5 Å². The molecule has 3 aromatic rings. The second kappa shape index (κ2) is 8.15. The number of nitrogens with two attached hydrogens (primary N) is 1. The monoisotopic (exact) mass is 486 g/mol. The van der Waals surface area contributed by atoms with Gasteiger partial charge in [-0.2, -0.15) is 10.1 Å². The highest BCUT2D eigenvalue weighted by Gasteiger charge is 2.53. The van der Waals surface area contributed by atoms with E-state index in [2.05, 4.69) is 15.3 Å². The Morgan fingerprint density at radius 2 is 1.97 bits per heavy atom. The molecule has 0 aliphatic heterocycles. The van der Waals surface area contributed by atoms with Crippen LogP contribution < -0.4 is 21.2 Å². The minimum Gasteiger partial charge on any atom is -0.494 e. The number of carbonyl (C=O) groups is 1. The molecule has 0 bridgehead atoms. The van der Waals surface area contributed by atoms with Gasteiger partial charge in [0, 0.05) is 30.1 Å². The molecule has 2 fully saturated rings. The second-order valence-corrected chi connectivity index (χ2v) is 12.1. The summed E-state index contributed by atoms with van der Waals surface area (Å²) in [6.07, 6.45) is 5.39. The van der Waals surface area contributed by atoms with E-state index in [0.717, 1.165) is 36.7 Å². The number of carbonyl (C=O) groups excluding carboxylic acids is 1. The summed E-state index contributed by atoms with van der Waals surface area (Å²) >= 11 is 5.93. The van der Waals surface area contributed by atoms with Crippen molar-refractivity contribution in [1.29, 1.82) is 0 Å². The third-order valence-electron chi connectivity index (χ3n) is 6.16. The fraction of sp³-hybridized carbons (Fsp3) is 0.364. The normalized spacial score (nSPS) is 16.0. The number of ether oxygens (including phenoxy) is 1. The van der Waals surface area contributed by atoms with Gasteiger partial charge >= 0.3 is 0 Å². The molecule has 11 heteroatoms. The number of hydrogen-bond acceptors (Lipinski definition) is 7. The minimum atomic E-state index is -2.48. The zero-order valence-electron chi connectivity index (χ0n) is 18.3. The van der Waals surface area contributed by atoms with Crippen LogP contribution in [0, 0.1) is 0 Å². The minimum absolute atomic E-state index is 0.0251. The van der Waals surface area contributed by atoms with Gasteiger partial charge in [-0.05, 0) is 55.5 Å². The third kappa shape index (κ3) is 3.89. The van der Waals surface area contributed by atoms with E-state index in [0.29, 0.717) is 17.1 Å². The maximum absolute atomic E-state index is 14.0. The lowest BCUT2D eigenvalue weighted by atomic mass is 10.1. The molecular formula is C22H24ClN6O3P. The summed E-state index contributed by atoms with van der Waals surface area (Å²) in [5.74, 6) is -0.0128. The number of benzene rings is 1. The Labute approximate surface area is 196 Å². The highest BCUT2D eigenvalue weighted by atomic mass is 35.5. The van der Waals surface area contributed by atoms with Gasteiger partial charge in [-0.25, -0.2) is 4.98 Å². The van der Waals surface area contributed by atoms with Crippen LogP contribution in [0.3, 0.4) is 0 Å². The molecule has 0 saturated heterocycles. The van der Waals surface area contributed by atoms with E-state index in [1.165, 1.54) is 6.20 Å². The lowest BCUT2D eigenvalue weighted by Gasteiger charge is -2.17. The average molecular weight is 487 g/mol. The Bertz CT molecular complexity index is 1290. The van der Waals surface area contributed by atoms with Crippen molar-refractivity contribution in [2.24, 2.45) is 12.8 Å². The smallest absolute Gasteiger partial charge is 0.254 e. The van der Waals surface area contributed by atoms with Crippen LogP contribution in [-0.2, 0) is 11.6 Å². The van der Waals surface area contributed by atoms with E-state index >= 15 is 0 Å². The summed E-state index contributed by atoms with van der Waals surface area (Å²) in [5, 5.41) is 7.76. The molecular weight excluding hydrogens is 463 g/mol. The third-order valence-corrected chi connectivity index (χ3v) is 10.7. The topological polar surface area (TPSA) is 125 Å².